The van der Waals surface area contributed by atoms with Gasteiger partial charge in [0.1, 0.15) is 19.2 Å². The number of piperidine rings is 1. The van der Waals surface area contributed by atoms with Crippen LogP contribution in [0, 0.1) is 0 Å². The van der Waals surface area contributed by atoms with Crippen LogP contribution in [0.5, 0.6) is 0 Å². The van der Waals surface area contributed by atoms with Crippen LogP contribution in [-0.4, -0.2) is 60.0 Å². The molecule has 3 aliphatic heterocycles. The maximum atomic E-state index is 12.3. The van der Waals surface area contributed by atoms with Gasteiger partial charge in [-0.05, 0) is 5.56 Å². The molecule has 1 spiro atoms. The van der Waals surface area contributed by atoms with Crippen LogP contribution in [0.15, 0.2) is 30.3 Å². The summed E-state index contributed by atoms with van der Waals surface area (Å²) in [4.78, 5) is 12.3. The lowest BCUT2D eigenvalue weighted by atomic mass is 9.95. The van der Waals surface area contributed by atoms with Crippen LogP contribution in [0.2, 0.25) is 0 Å². The molecule has 0 aromatic heterocycles. The van der Waals surface area contributed by atoms with Crippen molar-refractivity contribution in [2.24, 2.45) is 0 Å². The van der Waals surface area contributed by atoms with Gasteiger partial charge in [0.2, 0.25) is 0 Å². The van der Waals surface area contributed by atoms with Gasteiger partial charge in [-0.3, -0.25) is 0 Å². The first-order chi connectivity index (χ1) is 11.7. The van der Waals surface area contributed by atoms with E-state index in [-0.39, 0.29) is 18.5 Å². The van der Waals surface area contributed by atoms with Crippen molar-refractivity contribution >= 4 is 5.97 Å². The number of aliphatic hydroxyl groups excluding tert-OH is 1. The number of rotatable bonds is 3. The van der Waals surface area contributed by atoms with Crippen molar-refractivity contribution in [3.63, 3.8) is 0 Å². The predicted molar refractivity (Wildman–Crippen MR) is 88.1 cm³/mol. The van der Waals surface area contributed by atoms with E-state index in [4.69, 9.17) is 9.47 Å². The number of hydrogen-bond acceptors (Lipinski definition) is 4. The SMILES string of the molecule is O=C(OC1CC2CCC(C1)[N+]21CCOCC1)C(O)c1ccccc1.[Cl-]. The van der Waals surface area contributed by atoms with E-state index in [1.807, 2.05) is 18.2 Å². The molecule has 3 aliphatic rings. The van der Waals surface area contributed by atoms with Crippen molar-refractivity contribution in [1.82, 2.24) is 0 Å². The van der Waals surface area contributed by atoms with Gasteiger partial charge < -0.3 is 31.5 Å². The van der Waals surface area contributed by atoms with Crippen LogP contribution in [0.3, 0.4) is 0 Å². The highest BCUT2D eigenvalue weighted by atomic mass is 35.5. The van der Waals surface area contributed by atoms with Crippen molar-refractivity contribution in [1.29, 1.82) is 0 Å². The van der Waals surface area contributed by atoms with E-state index in [2.05, 4.69) is 0 Å². The third kappa shape index (κ3) is 3.43. The normalized spacial score (nSPS) is 31.2. The quantitative estimate of drug-likeness (QED) is 0.539. The summed E-state index contributed by atoms with van der Waals surface area (Å²) < 4.78 is 12.4. The molecule has 3 heterocycles. The van der Waals surface area contributed by atoms with Gasteiger partial charge in [0.05, 0.1) is 25.3 Å². The Morgan fingerprint density at radius 2 is 1.72 bits per heavy atom. The standard InChI is InChI=1S/C19H26NO4.ClH/c21-18(14-4-2-1-3-5-14)19(22)24-17-12-15-6-7-16(13-17)20(15)8-10-23-11-9-20;/h1-5,15-18,21H,6-13H2;1H/q+1;/p-1. The number of aliphatic hydroxyl groups is 1. The molecule has 0 amide bonds. The number of nitrogens with zero attached hydrogens (tertiary/aromatic N) is 1. The van der Waals surface area contributed by atoms with E-state index in [0.29, 0.717) is 17.6 Å². The number of morpholine rings is 1. The lowest BCUT2D eigenvalue weighted by Crippen LogP contribution is -3.00. The summed E-state index contributed by atoms with van der Waals surface area (Å²) in [6.07, 6.45) is 3.05. The van der Waals surface area contributed by atoms with Gasteiger partial charge in [0.25, 0.3) is 0 Å². The van der Waals surface area contributed by atoms with Crippen molar-refractivity contribution in [3.05, 3.63) is 35.9 Å². The van der Waals surface area contributed by atoms with Crippen LogP contribution < -0.4 is 12.4 Å². The average molecular weight is 368 g/mol. The largest absolute Gasteiger partial charge is 1.00 e. The van der Waals surface area contributed by atoms with Gasteiger partial charge in [-0.1, -0.05) is 30.3 Å². The maximum absolute atomic E-state index is 12.3. The van der Waals surface area contributed by atoms with Gasteiger partial charge >= 0.3 is 5.97 Å². The number of halogens is 1. The second-order valence-electron chi connectivity index (χ2n) is 7.39. The maximum Gasteiger partial charge on any atom is 0.339 e. The minimum atomic E-state index is -1.18. The summed E-state index contributed by atoms with van der Waals surface area (Å²) in [5.41, 5.74) is 0.595. The highest BCUT2D eigenvalue weighted by Crippen LogP contribution is 2.44. The molecular weight excluding hydrogens is 342 g/mol. The van der Waals surface area contributed by atoms with Crippen LogP contribution >= 0.6 is 0 Å². The molecule has 138 valence electrons. The molecule has 4 rings (SSSR count). The van der Waals surface area contributed by atoms with Crippen LogP contribution in [0.4, 0.5) is 0 Å². The zero-order chi connectivity index (χ0) is 16.6. The zero-order valence-electron chi connectivity index (χ0n) is 14.4. The molecule has 25 heavy (non-hydrogen) atoms. The van der Waals surface area contributed by atoms with Gasteiger partial charge in [0.15, 0.2) is 6.10 Å². The molecule has 3 saturated heterocycles. The smallest absolute Gasteiger partial charge is 0.339 e. The average Bonchev–Trinajstić information content (AvgIpc) is 2.81. The number of ether oxygens (including phenoxy) is 2. The molecular formula is C19H26ClNO4. The van der Waals surface area contributed by atoms with Crippen molar-refractivity contribution < 1.29 is 36.3 Å². The van der Waals surface area contributed by atoms with E-state index in [1.165, 1.54) is 17.3 Å². The number of hydrogen-bond donors (Lipinski definition) is 1. The molecule has 1 aromatic carbocycles. The zero-order valence-corrected chi connectivity index (χ0v) is 15.1. The number of esters is 1. The molecule has 0 radical (unpaired) electrons. The Kier molecular flexibility index (Phi) is 5.68. The summed E-state index contributed by atoms with van der Waals surface area (Å²) in [6, 6.07) is 10.2. The summed E-state index contributed by atoms with van der Waals surface area (Å²) in [7, 11) is 0. The third-order valence-corrected chi connectivity index (χ3v) is 6.28. The highest BCUT2D eigenvalue weighted by Gasteiger charge is 2.55. The van der Waals surface area contributed by atoms with E-state index in [0.717, 1.165) is 39.1 Å². The summed E-state index contributed by atoms with van der Waals surface area (Å²) in [5, 5.41) is 10.2. The molecule has 6 heteroatoms. The first-order valence-corrected chi connectivity index (χ1v) is 9.07. The Hall–Kier alpha value is -1.14. The Morgan fingerprint density at radius 3 is 2.32 bits per heavy atom. The molecule has 0 saturated carbocycles. The molecule has 3 fully saturated rings. The van der Waals surface area contributed by atoms with Gasteiger partial charge in [-0.15, -0.1) is 0 Å². The van der Waals surface area contributed by atoms with Crippen LogP contribution in [-0.2, 0) is 14.3 Å². The molecule has 1 N–H and O–H groups in total. The van der Waals surface area contributed by atoms with Gasteiger partial charge in [-0.25, -0.2) is 4.79 Å². The van der Waals surface area contributed by atoms with E-state index in [9.17, 15) is 9.90 Å². The Bertz CT molecular complexity index is 574. The molecule has 1 aromatic rings. The lowest BCUT2D eigenvalue weighted by molar-refractivity contribution is -0.972. The molecule has 3 unspecified atom stereocenters. The van der Waals surface area contributed by atoms with Crippen molar-refractivity contribution in [3.8, 4) is 0 Å². The molecule has 0 aliphatic carbocycles. The van der Waals surface area contributed by atoms with E-state index in [1.54, 1.807) is 12.1 Å². The highest BCUT2D eigenvalue weighted by molar-refractivity contribution is 5.76. The summed E-state index contributed by atoms with van der Waals surface area (Å²) in [5.74, 6) is -0.513. The van der Waals surface area contributed by atoms with Crippen molar-refractivity contribution in [2.45, 2.75) is 50.0 Å². The van der Waals surface area contributed by atoms with Crippen molar-refractivity contribution in [2.75, 3.05) is 26.3 Å². The second-order valence-corrected chi connectivity index (χ2v) is 7.39. The van der Waals surface area contributed by atoms with Gasteiger partial charge in [0, 0.05) is 25.7 Å². The topological polar surface area (TPSA) is 55.8 Å². The Labute approximate surface area is 154 Å². The van der Waals surface area contributed by atoms with E-state index >= 15 is 0 Å². The van der Waals surface area contributed by atoms with Crippen LogP contribution in [0.25, 0.3) is 0 Å². The molecule has 2 bridgehead atoms. The number of carbonyl (C=O) groups is 1. The Balaban J connectivity index is 0.00000182. The first-order valence-electron chi connectivity index (χ1n) is 9.07. The molecule has 3 atom stereocenters. The fraction of sp³-hybridized carbons (Fsp3) is 0.632. The van der Waals surface area contributed by atoms with Crippen LogP contribution in [0.1, 0.15) is 37.4 Å². The first kappa shape index (κ1) is 18.6. The summed E-state index contributed by atoms with van der Waals surface area (Å²) >= 11 is 0. The number of benzene rings is 1. The summed E-state index contributed by atoms with van der Waals surface area (Å²) in [6.45, 7) is 3.90. The second kappa shape index (κ2) is 7.62. The minimum Gasteiger partial charge on any atom is -1.00 e. The third-order valence-electron chi connectivity index (χ3n) is 6.28. The molecule has 5 nitrogen and oxygen atoms in total. The number of carbonyl (C=O) groups excluding carboxylic acids is 1. The minimum absolute atomic E-state index is 0. The van der Waals surface area contributed by atoms with E-state index < -0.39 is 12.1 Å². The van der Waals surface area contributed by atoms with Gasteiger partial charge in [-0.2, -0.15) is 0 Å². The lowest BCUT2D eigenvalue weighted by Gasteiger charge is -2.51. The predicted octanol–water partition coefficient (Wildman–Crippen LogP) is -1.19. The fourth-order valence-electron chi connectivity index (χ4n) is 5.07. The monoisotopic (exact) mass is 367 g/mol. The fourth-order valence-corrected chi connectivity index (χ4v) is 5.07. The number of quaternary nitrogens is 1. The Morgan fingerprint density at radius 1 is 1.12 bits per heavy atom.